The van der Waals surface area contributed by atoms with Gasteiger partial charge in [-0.05, 0) is 68.2 Å². The average molecular weight is 583 g/mol. The van der Waals surface area contributed by atoms with Gasteiger partial charge in [-0.3, -0.25) is 4.79 Å². The summed E-state index contributed by atoms with van der Waals surface area (Å²) in [4.78, 5) is 37.3. The van der Waals surface area contributed by atoms with Crippen LogP contribution in [0.3, 0.4) is 0 Å². The number of likely N-dealkylation sites (tertiary alicyclic amines) is 1. The monoisotopic (exact) mass is 582 g/mol. The number of nitrogens with one attached hydrogen (secondary N) is 1. The van der Waals surface area contributed by atoms with Crippen LogP contribution in [-0.4, -0.2) is 84.8 Å². The van der Waals surface area contributed by atoms with E-state index >= 15 is 0 Å². The van der Waals surface area contributed by atoms with Crippen molar-refractivity contribution in [2.24, 2.45) is 5.73 Å². The first-order valence-corrected chi connectivity index (χ1v) is 15.3. The van der Waals surface area contributed by atoms with E-state index in [1.54, 1.807) is 38.7 Å². The summed E-state index contributed by atoms with van der Waals surface area (Å²) in [6.45, 7) is 8.56. The van der Waals surface area contributed by atoms with E-state index in [0.717, 1.165) is 53.2 Å². The first-order chi connectivity index (χ1) is 19.7. The molecule has 3 N–H and O–H groups in total. The molecule has 222 valence electrons. The summed E-state index contributed by atoms with van der Waals surface area (Å²) in [5.74, 6) is 1.43. The lowest BCUT2D eigenvalue weighted by Gasteiger charge is -2.55. The molecule has 2 fully saturated rings. The lowest BCUT2D eigenvalue weighted by atomic mass is 9.78. The van der Waals surface area contributed by atoms with Crippen molar-refractivity contribution in [3.63, 3.8) is 0 Å². The molecule has 3 amide bonds. The minimum Gasteiger partial charge on any atom is -0.497 e. The Morgan fingerprint density at radius 2 is 1.95 bits per heavy atom. The van der Waals surface area contributed by atoms with Crippen LogP contribution < -0.4 is 20.2 Å². The second-order valence-corrected chi connectivity index (χ2v) is 11.7. The zero-order chi connectivity index (χ0) is 29.7. The van der Waals surface area contributed by atoms with Crippen molar-refractivity contribution in [1.29, 1.82) is 0 Å². The van der Waals surface area contributed by atoms with Gasteiger partial charge in [0, 0.05) is 49.9 Å². The Morgan fingerprint density at radius 1 is 1.22 bits per heavy atom. The van der Waals surface area contributed by atoms with Gasteiger partial charge in [0.05, 0.1) is 24.8 Å². The van der Waals surface area contributed by atoms with Gasteiger partial charge >= 0.3 is 11.9 Å². The van der Waals surface area contributed by atoms with Crippen LogP contribution in [-0.2, 0) is 17.8 Å². The van der Waals surface area contributed by atoms with Crippen LogP contribution in [0.2, 0.25) is 0 Å². The molecule has 0 unspecified atom stereocenters. The molecule has 1 spiro atoms. The van der Waals surface area contributed by atoms with Crippen LogP contribution in [0.4, 0.5) is 4.79 Å². The van der Waals surface area contributed by atoms with Gasteiger partial charge in [-0.1, -0.05) is 13.0 Å². The molecule has 2 aliphatic heterocycles. The molecule has 1 aromatic heterocycles. The highest BCUT2D eigenvalue weighted by atomic mass is 32.1. The maximum absolute atomic E-state index is 14.0. The number of carbonyl (C=O) groups excluding carboxylic acids is 2. The molecule has 0 radical (unpaired) electrons. The predicted octanol–water partition coefficient (Wildman–Crippen LogP) is 2.88. The van der Waals surface area contributed by atoms with E-state index in [1.807, 2.05) is 51.3 Å². The summed E-state index contributed by atoms with van der Waals surface area (Å²) in [5.41, 5.74) is 9.15. The number of urea groups is 1. The van der Waals surface area contributed by atoms with Crippen molar-refractivity contribution in [1.82, 2.24) is 14.7 Å². The smallest absolute Gasteiger partial charge is 0.321 e. The van der Waals surface area contributed by atoms with E-state index in [0.29, 0.717) is 37.6 Å². The number of rotatable bonds is 9. The fourth-order valence-corrected chi connectivity index (χ4v) is 7.05. The number of methoxy groups -OCH3 is 2. The second-order valence-electron chi connectivity index (χ2n) is 10.8. The highest BCUT2D eigenvalue weighted by Gasteiger charge is 2.49. The van der Waals surface area contributed by atoms with Crippen molar-refractivity contribution in [2.45, 2.75) is 64.6 Å². The number of nitrogens with zero attached hydrogens (tertiary/aromatic N) is 3. The van der Waals surface area contributed by atoms with Crippen molar-refractivity contribution in [3.8, 4) is 11.5 Å². The van der Waals surface area contributed by atoms with Gasteiger partial charge in [0.25, 0.3) is 5.71 Å². The molecule has 2 saturated heterocycles. The van der Waals surface area contributed by atoms with Crippen molar-refractivity contribution in [2.75, 3.05) is 40.9 Å². The van der Waals surface area contributed by atoms with Crippen LogP contribution in [0.15, 0.2) is 35.7 Å². The largest absolute Gasteiger partial charge is 0.497 e. The fraction of sp³-hybridized carbons (Fsp3) is 0.516. The van der Waals surface area contributed by atoms with Crippen LogP contribution in [0, 0.1) is 0 Å². The molecule has 9 nitrogen and oxygen atoms in total. The molecule has 41 heavy (non-hydrogen) atoms. The minimum absolute atomic E-state index is 0.0439. The number of amides is 3. The van der Waals surface area contributed by atoms with E-state index in [1.165, 1.54) is 0 Å². The molecule has 1 aromatic carbocycles. The maximum Gasteiger partial charge on any atom is 0.321 e. The molecule has 2 aromatic rings. The summed E-state index contributed by atoms with van der Waals surface area (Å²) >= 11 is 1.54. The number of piperidine rings is 1. The minimum atomic E-state index is -0.274. The predicted molar refractivity (Wildman–Crippen MR) is 163 cm³/mol. The van der Waals surface area contributed by atoms with E-state index in [2.05, 4.69) is 18.8 Å². The SMILES string of the molecule is CCc1c(CN2C(=O)N(CC)C3(CCN(C(=O)C(C=C(N)c4cccs4)=[NH+]C)CC3)C[C@H]2C)cc(OC)cc1OC. The van der Waals surface area contributed by atoms with Crippen LogP contribution in [0.5, 0.6) is 11.5 Å². The number of nitrogens with two attached hydrogens (primary N) is 1. The van der Waals surface area contributed by atoms with Gasteiger partial charge in [0.2, 0.25) is 0 Å². The summed E-state index contributed by atoms with van der Waals surface area (Å²) in [6.07, 6.45) is 4.85. The lowest BCUT2D eigenvalue weighted by Crippen LogP contribution is -2.72. The zero-order valence-corrected chi connectivity index (χ0v) is 26.0. The molecule has 0 saturated carbocycles. The molecule has 10 heteroatoms. The Balaban J connectivity index is 1.50. The van der Waals surface area contributed by atoms with E-state index in [4.69, 9.17) is 15.2 Å². The first-order valence-electron chi connectivity index (χ1n) is 14.4. The molecular weight excluding hydrogens is 538 g/mol. The maximum atomic E-state index is 14.0. The van der Waals surface area contributed by atoms with Crippen LogP contribution >= 0.6 is 11.3 Å². The highest BCUT2D eigenvalue weighted by molar-refractivity contribution is 7.11. The number of ether oxygens (including phenoxy) is 2. The summed E-state index contributed by atoms with van der Waals surface area (Å²) < 4.78 is 11.2. The summed E-state index contributed by atoms with van der Waals surface area (Å²) in [5, 5.41) is 1.96. The topological polar surface area (TPSA) is 102 Å². The fourth-order valence-electron chi connectivity index (χ4n) is 6.39. The van der Waals surface area contributed by atoms with Gasteiger partial charge in [-0.25, -0.2) is 9.79 Å². The molecule has 0 bridgehead atoms. The third kappa shape index (κ3) is 6.07. The second kappa shape index (κ2) is 13.0. The number of thiophene rings is 1. The number of hydrogen-bond donors (Lipinski definition) is 2. The zero-order valence-electron chi connectivity index (χ0n) is 25.2. The quantitative estimate of drug-likeness (QED) is 0.443. The molecular formula is C31H44N5O4S+. The average Bonchev–Trinajstić information content (AvgIpc) is 3.53. The summed E-state index contributed by atoms with van der Waals surface area (Å²) in [6, 6.07) is 7.88. The lowest BCUT2D eigenvalue weighted by molar-refractivity contribution is -0.418. The van der Waals surface area contributed by atoms with Gasteiger partial charge < -0.3 is 29.9 Å². The molecule has 0 aliphatic carbocycles. The standard InChI is InChI=1S/C31H43N5O4S/c1-7-24-22(16-23(39-5)17-27(24)40-6)20-35-21(3)19-31(36(8-2)30(35)38)11-13-34(14-12-31)29(37)26(33-4)18-25(32)28-10-9-15-41-28/h9-10,15-18,21H,7-8,11-14,19-20,32H2,1-6H3/p+1/t21-/m1/s1. The Bertz CT molecular complexity index is 1300. The third-order valence-electron chi connectivity index (χ3n) is 8.58. The first kappa shape index (κ1) is 30.4. The van der Waals surface area contributed by atoms with Crippen LogP contribution in [0.25, 0.3) is 5.70 Å². The number of hydrogen-bond acceptors (Lipinski definition) is 6. The number of benzene rings is 1. The van der Waals surface area contributed by atoms with Crippen molar-refractivity contribution >= 4 is 34.7 Å². The highest BCUT2D eigenvalue weighted by Crippen LogP contribution is 2.40. The van der Waals surface area contributed by atoms with Crippen LogP contribution in [0.1, 0.15) is 56.0 Å². The van der Waals surface area contributed by atoms with Gasteiger partial charge in [0.1, 0.15) is 18.5 Å². The third-order valence-corrected chi connectivity index (χ3v) is 9.50. The molecule has 3 heterocycles. The van der Waals surface area contributed by atoms with E-state index in [-0.39, 0.29) is 23.5 Å². The normalized spacial score (nSPS) is 19.6. The summed E-state index contributed by atoms with van der Waals surface area (Å²) in [7, 11) is 5.05. The Hall–Kier alpha value is -3.53. The Labute approximate surface area is 247 Å². The molecule has 4 rings (SSSR count). The Kier molecular flexibility index (Phi) is 9.63. The molecule has 2 aliphatic rings. The molecule has 1 atom stereocenters. The van der Waals surface area contributed by atoms with E-state index < -0.39 is 0 Å². The van der Waals surface area contributed by atoms with Gasteiger partial charge in [0.15, 0.2) is 0 Å². The van der Waals surface area contributed by atoms with Crippen molar-refractivity contribution in [3.05, 3.63) is 51.7 Å². The van der Waals surface area contributed by atoms with Crippen molar-refractivity contribution < 1.29 is 24.1 Å². The number of carbonyl (C=O) groups is 2. The van der Waals surface area contributed by atoms with Gasteiger partial charge in [-0.15, -0.1) is 11.3 Å². The Morgan fingerprint density at radius 3 is 2.51 bits per heavy atom. The van der Waals surface area contributed by atoms with Gasteiger partial charge in [-0.2, -0.15) is 0 Å². The van der Waals surface area contributed by atoms with E-state index in [9.17, 15) is 9.59 Å².